The third-order valence-electron chi connectivity index (χ3n) is 5.45. The standard InChI is InChI=1S/C25H24F3N3O2S/c26-25(27,28)33-22-7-3-19(4-8-22)17-30-12-14-31(15-13-30)24(32)21-5-9-23(10-6-21)34-18-20-2-1-11-29-16-20/h1-11,16H,12-15,17-18H2. The number of carbonyl (C=O) groups is 1. The van der Waals surface area contributed by atoms with Crippen molar-refractivity contribution in [2.45, 2.75) is 23.6 Å². The van der Waals surface area contributed by atoms with Crippen molar-refractivity contribution in [2.24, 2.45) is 0 Å². The van der Waals surface area contributed by atoms with Gasteiger partial charge in [-0.3, -0.25) is 14.7 Å². The molecule has 0 radical (unpaired) electrons. The van der Waals surface area contributed by atoms with E-state index in [0.29, 0.717) is 38.3 Å². The number of halogens is 3. The van der Waals surface area contributed by atoms with Gasteiger partial charge in [0.2, 0.25) is 0 Å². The summed E-state index contributed by atoms with van der Waals surface area (Å²) in [6, 6.07) is 17.5. The number of carbonyl (C=O) groups excluding carboxylic acids is 1. The Labute approximate surface area is 200 Å². The normalized spacial score (nSPS) is 14.7. The predicted octanol–water partition coefficient (Wildman–Crippen LogP) is 5.23. The van der Waals surface area contributed by atoms with Crippen LogP contribution in [-0.2, 0) is 12.3 Å². The summed E-state index contributed by atoms with van der Waals surface area (Å²) in [5.41, 5.74) is 2.71. The van der Waals surface area contributed by atoms with Crippen LogP contribution in [0.3, 0.4) is 0 Å². The summed E-state index contributed by atoms with van der Waals surface area (Å²) in [5.74, 6) is 0.603. The molecule has 2 aromatic carbocycles. The van der Waals surface area contributed by atoms with Crippen molar-refractivity contribution < 1.29 is 22.7 Å². The summed E-state index contributed by atoms with van der Waals surface area (Å²) in [6.45, 7) is 3.21. The van der Waals surface area contributed by atoms with Crippen molar-refractivity contribution in [3.8, 4) is 5.75 Å². The lowest BCUT2D eigenvalue weighted by Gasteiger charge is -2.34. The highest BCUT2D eigenvalue weighted by Crippen LogP contribution is 2.24. The lowest BCUT2D eigenvalue weighted by Crippen LogP contribution is -2.48. The smallest absolute Gasteiger partial charge is 0.406 e. The van der Waals surface area contributed by atoms with Crippen LogP contribution in [0.4, 0.5) is 13.2 Å². The lowest BCUT2D eigenvalue weighted by molar-refractivity contribution is -0.274. The molecule has 0 N–H and O–H groups in total. The number of rotatable bonds is 7. The van der Waals surface area contributed by atoms with Gasteiger partial charge >= 0.3 is 6.36 Å². The van der Waals surface area contributed by atoms with Gasteiger partial charge in [-0.2, -0.15) is 0 Å². The van der Waals surface area contributed by atoms with Gasteiger partial charge < -0.3 is 9.64 Å². The van der Waals surface area contributed by atoms with Gasteiger partial charge in [0.05, 0.1) is 0 Å². The third-order valence-corrected chi connectivity index (χ3v) is 6.54. The van der Waals surface area contributed by atoms with E-state index in [2.05, 4.69) is 14.6 Å². The van der Waals surface area contributed by atoms with Crippen molar-refractivity contribution in [3.05, 3.63) is 89.7 Å². The molecular formula is C25H24F3N3O2S. The van der Waals surface area contributed by atoms with Crippen molar-refractivity contribution >= 4 is 17.7 Å². The Balaban J connectivity index is 1.24. The molecule has 0 unspecified atom stereocenters. The zero-order valence-corrected chi connectivity index (χ0v) is 19.2. The molecular weight excluding hydrogens is 463 g/mol. The number of thioether (sulfide) groups is 1. The minimum absolute atomic E-state index is 0.0112. The molecule has 3 aromatic rings. The maximum Gasteiger partial charge on any atom is 0.573 e. The van der Waals surface area contributed by atoms with Gasteiger partial charge in [0.25, 0.3) is 5.91 Å². The Morgan fingerprint density at radius 2 is 1.65 bits per heavy atom. The number of amides is 1. The van der Waals surface area contributed by atoms with Crippen LogP contribution in [0.2, 0.25) is 0 Å². The molecule has 34 heavy (non-hydrogen) atoms. The quantitative estimate of drug-likeness (QED) is 0.427. The van der Waals surface area contributed by atoms with Crippen LogP contribution in [0.15, 0.2) is 78.0 Å². The molecule has 1 fully saturated rings. The average Bonchev–Trinajstić information content (AvgIpc) is 2.84. The van der Waals surface area contributed by atoms with Crippen LogP contribution < -0.4 is 4.74 Å². The minimum Gasteiger partial charge on any atom is -0.406 e. The molecule has 4 rings (SSSR count). The van der Waals surface area contributed by atoms with Gasteiger partial charge in [0.1, 0.15) is 5.75 Å². The highest BCUT2D eigenvalue weighted by Gasteiger charge is 2.31. The number of nitrogens with zero attached hydrogens (tertiary/aromatic N) is 3. The highest BCUT2D eigenvalue weighted by molar-refractivity contribution is 7.98. The van der Waals surface area contributed by atoms with Gasteiger partial charge in [-0.05, 0) is 53.6 Å². The number of piperazine rings is 1. The van der Waals surface area contributed by atoms with Crippen LogP contribution >= 0.6 is 11.8 Å². The second-order valence-electron chi connectivity index (χ2n) is 7.93. The molecule has 178 valence electrons. The van der Waals surface area contributed by atoms with E-state index < -0.39 is 6.36 Å². The molecule has 1 aliphatic rings. The van der Waals surface area contributed by atoms with Crippen LogP contribution in [0, 0.1) is 0 Å². The molecule has 1 saturated heterocycles. The van der Waals surface area contributed by atoms with E-state index in [1.807, 2.05) is 47.5 Å². The number of hydrogen-bond acceptors (Lipinski definition) is 5. The topological polar surface area (TPSA) is 45.7 Å². The molecule has 5 nitrogen and oxygen atoms in total. The molecule has 1 aromatic heterocycles. The fourth-order valence-corrected chi connectivity index (χ4v) is 4.52. The third kappa shape index (κ3) is 6.98. The summed E-state index contributed by atoms with van der Waals surface area (Å²) in [4.78, 5) is 22.1. The van der Waals surface area contributed by atoms with Gasteiger partial charge in [-0.25, -0.2) is 0 Å². The Bertz CT molecular complexity index is 1070. The Kier molecular flexibility index (Phi) is 7.74. The first-order chi connectivity index (χ1) is 16.4. The van der Waals surface area contributed by atoms with Crippen molar-refractivity contribution in [2.75, 3.05) is 26.2 Å². The second-order valence-corrected chi connectivity index (χ2v) is 8.98. The van der Waals surface area contributed by atoms with E-state index in [9.17, 15) is 18.0 Å². The average molecular weight is 488 g/mol. The Morgan fingerprint density at radius 1 is 0.941 bits per heavy atom. The summed E-state index contributed by atoms with van der Waals surface area (Å²) >= 11 is 1.70. The van der Waals surface area contributed by atoms with Crippen LogP contribution in [0.5, 0.6) is 5.75 Å². The van der Waals surface area contributed by atoms with Crippen LogP contribution in [-0.4, -0.2) is 53.2 Å². The predicted molar refractivity (Wildman–Crippen MR) is 125 cm³/mol. The van der Waals surface area contributed by atoms with Gasteiger partial charge in [0, 0.05) is 61.3 Å². The van der Waals surface area contributed by atoms with E-state index in [1.54, 1.807) is 30.1 Å². The van der Waals surface area contributed by atoms with Crippen molar-refractivity contribution in [1.29, 1.82) is 0 Å². The fourth-order valence-electron chi connectivity index (χ4n) is 3.69. The number of aromatic nitrogens is 1. The van der Waals surface area contributed by atoms with Crippen molar-refractivity contribution in [3.63, 3.8) is 0 Å². The maximum atomic E-state index is 12.9. The molecule has 0 atom stereocenters. The number of alkyl halides is 3. The molecule has 1 amide bonds. The number of hydrogen-bond donors (Lipinski definition) is 0. The van der Waals surface area contributed by atoms with E-state index >= 15 is 0 Å². The zero-order valence-electron chi connectivity index (χ0n) is 18.4. The minimum atomic E-state index is -4.69. The first-order valence-electron chi connectivity index (χ1n) is 10.8. The van der Waals surface area contributed by atoms with Crippen LogP contribution in [0.25, 0.3) is 0 Å². The first kappa shape index (κ1) is 24.1. The zero-order chi connectivity index (χ0) is 24.0. The molecule has 1 aliphatic heterocycles. The highest BCUT2D eigenvalue weighted by atomic mass is 32.2. The second kappa shape index (κ2) is 10.9. The lowest BCUT2D eigenvalue weighted by atomic mass is 10.1. The van der Waals surface area contributed by atoms with E-state index in [4.69, 9.17) is 0 Å². The number of benzene rings is 2. The van der Waals surface area contributed by atoms with E-state index in [1.165, 1.54) is 12.1 Å². The summed E-state index contributed by atoms with van der Waals surface area (Å²) < 4.78 is 40.8. The number of ether oxygens (including phenoxy) is 1. The van der Waals surface area contributed by atoms with Gasteiger partial charge in [0.15, 0.2) is 0 Å². The van der Waals surface area contributed by atoms with Gasteiger partial charge in [-0.1, -0.05) is 18.2 Å². The maximum absolute atomic E-state index is 12.9. The summed E-state index contributed by atoms with van der Waals surface area (Å²) in [7, 11) is 0. The molecule has 0 bridgehead atoms. The number of pyridine rings is 1. The monoisotopic (exact) mass is 487 g/mol. The summed E-state index contributed by atoms with van der Waals surface area (Å²) in [5, 5.41) is 0. The SMILES string of the molecule is O=C(c1ccc(SCc2cccnc2)cc1)N1CCN(Cc2ccc(OC(F)(F)F)cc2)CC1. The van der Waals surface area contributed by atoms with Crippen LogP contribution in [0.1, 0.15) is 21.5 Å². The van der Waals surface area contributed by atoms with E-state index in [-0.39, 0.29) is 11.7 Å². The fraction of sp³-hybridized carbons (Fsp3) is 0.280. The largest absolute Gasteiger partial charge is 0.573 e. The van der Waals surface area contributed by atoms with Gasteiger partial charge in [-0.15, -0.1) is 24.9 Å². The van der Waals surface area contributed by atoms with Crippen molar-refractivity contribution in [1.82, 2.24) is 14.8 Å². The van der Waals surface area contributed by atoms with E-state index in [0.717, 1.165) is 21.8 Å². The Morgan fingerprint density at radius 3 is 2.26 bits per heavy atom. The molecule has 0 spiro atoms. The molecule has 2 heterocycles. The summed E-state index contributed by atoms with van der Waals surface area (Å²) in [6.07, 6.45) is -1.09. The molecule has 9 heteroatoms. The first-order valence-corrected chi connectivity index (χ1v) is 11.8. The molecule has 0 aliphatic carbocycles. The molecule has 0 saturated carbocycles. The Hall–Kier alpha value is -3.04.